The van der Waals surface area contributed by atoms with Crippen LogP contribution in [0.25, 0.3) is 21.5 Å². The van der Waals surface area contributed by atoms with Gasteiger partial charge in [0.25, 0.3) is 0 Å². The molecule has 0 spiro atoms. The molecule has 0 saturated heterocycles. The summed E-state index contributed by atoms with van der Waals surface area (Å²) >= 11 is 0. The summed E-state index contributed by atoms with van der Waals surface area (Å²) in [5, 5.41) is 24.0. The van der Waals surface area contributed by atoms with Gasteiger partial charge < -0.3 is 19.7 Å². The molecule has 0 unspecified atom stereocenters. The molecule has 0 aromatic heterocycles. The lowest BCUT2D eigenvalue weighted by Crippen LogP contribution is -2.20. The van der Waals surface area contributed by atoms with Crippen LogP contribution in [-0.2, 0) is 9.59 Å². The third kappa shape index (κ3) is 3.09. The second kappa shape index (κ2) is 8.35. The van der Waals surface area contributed by atoms with Crippen LogP contribution >= 0.6 is 0 Å². The minimum Gasteiger partial charge on any atom is -0.481 e. The Kier molecular flexibility index (Phi) is 4.74. The fourth-order valence-corrected chi connectivity index (χ4v) is 8.57. The topological polar surface area (TPSA) is 93.1 Å². The average molecular weight is 555 g/mol. The highest BCUT2D eigenvalue weighted by Gasteiger charge is 2.53. The Balaban J connectivity index is 1.32. The molecule has 42 heavy (non-hydrogen) atoms. The minimum atomic E-state index is -1.02. The van der Waals surface area contributed by atoms with Gasteiger partial charge in [0.2, 0.25) is 0 Å². The SMILES string of the molecule is O=C(O)COc1c2c(c(OCC(=O)O)c3c1[C@H]1C[C@@H]3c3cc4ccccc4cc31)[C@H]1C[C@@H]2c2cc3ccccc3cc21. The van der Waals surface area contributed by atoms with Crippen LogP contribution in [0, 0.1) is 0 Å². The van der Waals surface area contributed by atoms with Crippen molar-refractivity contribution in [3.63, 3.8) is 0 Å². The monoisotopic (exact) mass is 554 g/mol. The van der Waals surface area contributed by atoms with Crippen molar-refractivity contribution < 1.29 is 29.3 Å². The smallest absolute Gasteiger partial charge is 0.341 e. The predicted octanol–water partition coefficient (Wildman–Crippen LogP) is 6.88. The molecule has 4 atom stereocenters. The highest BCUT2D eigenvalue weighted by atomic mass is 16.5. The molecular formula is C36H26O6. The van der Waals surface area contributed by atoms with Gasteiger partial charge in [0.1, 0.15) is 11.5 Å². The molecule has 2 N–H and O–H groups in total. The van der Waals surface area contributed by atoms with Gasteiger partial charge in [0.15, 0.2) is 13.2 Å². The number of ether oxygens (including phenoxy) is 2. The summed E-state index contributed by atoms with van der Waals surface area (Å²) < 4.78 is 12.5. The summed E-state index contributed by atoms with van der Waals surface area (Å²) in [5.41, 5.74) is 8.90. The van der Waals surface area contributed by atoms with Gasteiger partial charge in [0.05, 0.1) is 0 Å². The summed E-state index contributed by atoms with van der Waals surface area (Å²) in [6.45, 7) is -0.865. The molecule has 9 rings (SSSR count). The van der Waals surface area contributed by atoms with Crippen LogP contribution in [0.3, 0.4) is 0 Å². The van der Waals surface area contributed by atoms with Gasteiger partial charge in [-0.1, -0.05) is 72.8 Å². The normalized spacial score (nSPS) is 21.7. The van der Waals surface area contributed by atoms with E-state index in [-0.39, 0.29) is 23.7 Å². The number of benzene rings is 5. The highest BCUT2D eigenvalue weighted by Crippen LogP contribution is 2.69. The van der Waals surface area contributed by atoms with Crippen molar-refractivity contribution in [2.45, 2.75) is 36.5 Å². The fraction of sp³-hybridized carbons (Fsp3) is 0.222. The maximum atomic E-state index is 11.8. The largest absolute Gasteiger partial charge is 0.481 e. The van der Waals surface area contributed by atoms with Crippen LogP contribution in [0.15, 0.2) is 72.8 Å². The fourth-order valence-electron chi connectivity index (χ4n) is 8.57. The number of aliphatic carboxylic acids is 2. The van der Waals surface area contributed by atoms with E-state index in [2.05, 4.69) is 48.5 Å². The van der Waals surface area contributed by atoms with E-state index in [1.54, 1.807) is 0 Å². The Labute approximate surface area is 241 Å². The molecule has 5 aromatic carbocycles. The lowest BCUT2D eigenvalue weighted by molar-refractivity contribution is -0.140. The van der Waals surface area contributed by atoms with Gasteiger partial charge >= 0.3 is 11.9 Å². The Morgan fingerprint density at radius 2 is 0.833 bits per heavy atom. The molecular weight excluding hydrogens is 528 g/mol. The van der Waals surface area contributed by atoms with Gasteiger partial charge in [-0.05, 0) is 56.6 Å². The molecule has 0 heterocycles. The van der Waals surface area contributed by atoms with Crippen LogP contribution in [0.4, 0.5) is 0 Å². The second-order valence-corrected chi connectivity index (χ2v) is 12.0. The number of hydrogen-bond acceptors (Lipinski definition) is 4. The molecule has 0 radical (unpaired) electrons. The maximum absolute atomic E-state index is 11.8. The van der Waals surface area contributed by atoms with E-state index in [1.165, 1.54) is 43.8 Å². The zero-order chi connectivity index (χ0) is 28.3. The zero-order valence-corrected chi connectivity index (χ0v) is 22.6. The van der Waals surface area contributed by atoms with Crippen molar-refractivity contribution in [2.75, 3.05) is 13.2 Å². The number of carbonyl (C=O) groups is 2. The molecule has 4 bridgehead atoms. The maximum Gasteiger partial charge on any atom is 0.341 e. The summed E-state index contributed by atoms with van der Waals surface area (Å²) in [5.74, 6) is -0.588. The third-order valence-corrected chi connectivity index (χ3v) is 9.98. The molecule has 6 nitrogen and oxygen atoms in total. The third-order valence-electron chi connectivity index (χ3n) is 9.98. The first-order valence-corrected chi connectivity index (χ1v) is 14.5. The number of hydrogen-bond donors (Lipinski definition) is 2. The molecule has 206 valence electrons. The number of fused-ring (bicyclic) bond motifs is 18. The standard InChI is InChI=1S/C36H26O6/c37-29(38)15-41-35-31-25-13-26(22-10-18-6-2-1-5-17(18)9-21(22)25)32(31)36(42-16-30(39)40)34-28-14-27(33(34)35)23-11-19-7-3-4-8-20(19)12-24(23)28/h1-12,25-28H,13-16H2,(H,37,38)(H,39,40)/t25-,26+,27+,28-. The van der Waals surface area contributed by atoms with E-state index in [1.807, 2.05) is 24.3 Å². The van der Waals surface area contributed by atoms with Crippen LogP contribution in [0.2, 0.25) is 0 Å². The second-order valence-electron chi connectivity index (χ2n) is 12.0. The van der Waals surface area contributed by atoms with Gasteiger partial charge in [-0.3, -0.25) is 0 Å². The van der Waals surface area contributed by atoms with Gasteiger partial charge in [-0.2, -0.15) is 0 Å². The summed E-state index contributed by atoms with van der Waals surface area (Å²) in [4.78, 5) is 23.6. The van der Waals surface area contributed by atoms with E-state index in [9.17, 15) is 19.8 Å². The Morgan fingerprint density at radius 3 is 1.10 bits per heavy atom. The molecule has 4 aliphatic rings. The van der Waals surface area contributed by atoms with Crippen molar-refractivity contribution in [3.8, 4) is 11.5 Å². The summed E-state index contributed by atoms with van der Waals surface area (Å²) in [6, 6.07) is 25.7. The molecule has 0 saturated carbocycles. The van der Waals surface area contributed by atoms with Gasteiger partial charge in [0, 0.05) is 45.9 Å². The van der Waals surface area contributed by atoms with Crippen LogP contribution in [-0.4, -0.2) is 35.4 Å². The first-order chi connectivity index (χ1) is 20.5. The van der Waals surface area contributed by atoms with Gasteiger partial charge in [-0.15, -0.1) is 0 Å². The molecule has 0 aliphatic heterocycles. The molecule has 4 aliphatic carbocycles. The molecule has 0 fully saturated rings. The molecule has 5 aromatic rings. The Hall–Kier alpha value is -4.84. The Bertz CT molecular complexity index is 1770. The zero-order valence-electron chi connectivity index (χ0n) is 22.6. The Morgan fingerprint density at radius 1 is 0.548 bits per heavy atom. The van der Waals surface area contributed by atoms with Crippen LogP contribution < -0.4 is 9.47 Å². The van der Waals surface area contributed by atoms with Crippen LogP contribution in [0.1, 0.15) is 81.0 Å². The van der Waals surface area contributed by atoms with Crippen molar-refractivity contribution in [3.05, 3.63) is 117 Å². The average Bonchev–Trinajstić information content (AvgIpc) is 3.75. The van der Waals surface area contributed by atoms with Crippen molar-refractivity contribution in [2.24, 2.45) is 0 Å². The van der Waals surface area contributed by atoms with Crippen molar-refractivity contribution in [1.82, 2.24) is 0 Å². The van der Waals surface area contributed by atoms with Crippen molar-refractivity contribution >= 4 is 33.5 Å². The molecule has 0 amide bonds. The van der Waals surface area contributed by atoms with Crippen LogP contribution in [0.5, 0.6) is 11.5 Å². The lowest BCUT2D eigenvalue weighted by Gasteiger charge is -2.31. The summed E-state index contributed by atoms with van der Waals surface area (Å²) in [6.07, 6.45) is 1.67. The number of rotatable bonds is 6. The minimum absolute atomic E-state index is 0.0288. The summed E-state index contributed by atoms with van der Waals surface area (Å²) in [7, 11) is 0. The van der Waals surface area contributed by atoms with Gasteiger partial charge in [-0.25, -0.2) is 9.59 Å². The van der Waals surface area contributed by atoms with E-state index in [4.69, 9.17) is 9.47 Å². The van der Waals surface area contributed by atoms with E-state index in [0.717, 1.165) is 35.1 Å². The highest BCUT2D eigenvalue weighted by molar-refractivity contribution is 5.89. The first-order valence-electron chi connectivity index (χ1n) is 14.5. The first kappa shape index (κ1) is 23.8. The number of carboxylic acids is 2. The van der Waals surface area contributed by atoms with E-state index in [0.29, 0.717) is 11.5 Å². The quantitative estimate of drug-likeness (QED) is 0.238. The van der Waals surface area contributed by atoms with E-state index >= 15 is 0 Å². The van der Waals surface area contributed by atoms with Crippen molar-refractivity contribution in [1.29, 1.82) is 0 Å². The predicted molar refractivity (Wildman–Crippen MR) is 157 cm³/mol. The molecule has 6 heteroatoms. The number of carboxylic acid groups (broad SMARTS) is 2. The van der Waals surface area contributed by atoms with E-state index < -0.39 is 25.2 Å². The lowest BCUT2D eigenvalue weighted by atomic mass is 9.76.